The molecule has 3 nitrogen and oxygen atoms in total. The Morgan fingerprint density at radius 1 is 1.59 bits per heavy atom. The maximum absolute atomic E-state index is 11.8. The Balaban J connectivity index is 0.00000144. The number of carbonyl (C=O) groups is 1. The average Bonchev–Trinajstić information content (AvgIpc) is 2.83. The number of piperidine rings is 1. The van der Waals surface area contributed by atoms with Crippen molar-refractivity contribution in [2.24, 2.45) is 5.92 Å². The molecule has 0 saturated carbocycles. The van der Waals surface area contributed by atoms with Gasteiger partial charge in [0.25, 0.3) is 0 Å². The van der Waals surface area contributed by atoms with Crippen molar-refractivity contribution in [3.8, 4) is 0 Å². The van der Waals surface area contributed by atoms with Crippen molar-refractivity contribution in [2.45, 2.75) is 19.3 Å². The molecule has 1 amide bonds. The third-order valence-electron chi connectivity index (χ3n) is 2.96. The van der Waals surface area contributed by atoms with Crippen LogP contribution in [-0.4, -0.2) is 25.5 Å². The first kappa shape index (κ1) is 14.5. The van der Waals surface area contributed by atoms with Gasteiger partial charge in [-0.25, -0.2) is 0 Å². The van der Waals surface area contributed by atoms with Crippen LogP contribution in [0.25, 0.3) is 0 Å². The molecule has 1 aromatic heterocycles. The molecule has 1 fully saturated rings. The van der Waals surface area contributed by atoms with Crippen molar-refractivity contribution in [3.63, 3.8) is 0 Å². The Labute approximate surface area is 112 Å². The van der Waals surface area contributed by atoms with Gasteiger partial charge >= 0.3 is 0 Å². The predicted molar refractivity (Wildman–Crippen MR) is 73.9 cm³/mol. The van der Waals surface area contributed by atoms with E-state index in [1.54, 1.807) is 11.3 Å². The van der Waals surface area contributed by atoms with Gasteiger partial charge in [0, 0.05) is 13.1 Å². The number of rotatable bonds is 4. The smallest absolute Gasteiger partial charge is 0.224 e. The zero-order valence-corrected chi connectivity index (χ0v) is 11.4. The zero-order valence-electron chi connectivity index (χ0n) is 9.78. The lowest BCUT2D eigenvalue weighted by Crippen LogP contribution is -2.41. The van der Waals surface area contributed by atoms with Crippen molar-refractivity contribution in [2.75, 3.05) is 19.6 Å². The number of thiophene rings is 1. The van der Waals surface area contributed by atoms with Gasteiger partial charge in [0.05, 0.1) is 5.92 Å². The van der Waals surface area contributed by atoms with Crippen molar-refractivity contribution in [3.05, 3.63) is 22.4 Å². The van der Waals surface area contributed by atoms with E-state index in [4.69, 9.17) is 0 Å². The topological polar surface area (TPSA) is 41.1 Å². The van der Waals surface area contributed by atoms with Crippen LogP contribution in [0.1, 0.15) is 18.4 Å². The fourth-order valence-electron chi connectivity index (χ4n) is 1.98. The van der Waals surface area contributed by atoms with Gasteiger partial charge in [-0.1, -0.05) is 0 Å². The number of hydrogen-bond acceptors (Lipinski definition) is 3. The quantitative estimate of drug-likeness (QED) is 0.880. The van der Waals surface area contributed by atoms with E-state index in [0.717, 1.165) is 38.9 Å². The Morgan fingerprint density at radius 3 is 3.12 bits per heavy atom. The molecular weight excluding hydrogens is 256 g/mol. The lowest BCUT2D eigenvalue weighted by molar-refractivity contribution is -0.125. The number of hydrogen-bond donors (Lipinski definition) is 2. The standard InChI is InChI=1S/C12H18N2OS.ClH/c15-12(11-2-1-5-13-8-11)14-6-3-10-4-7-16-9-10;/h4,7,9,11,13H,1-3,5-6,8H2,(H,14,15);1H. The number of halogens is 1. The lowest BCUT2D eigenvalue weighted by atomic mass is 9.99. The lowest BCUT2D eigenvalue weighted by Gasteiger charge is -2.21. The maximum atomic E-state index is 11.8. The molecule has 17 heavy (non-hydrogen) atoms. The molecule has 0 aromatic carbocycles. The Morgan fingerprint density at radius 2 is 2.47 bits per heavy atom. The van der Waals surface area contributed by atoms with Crippen LogP contribution >= 0.6 is 23.7 Å². The molecule has 2 rings (SSSR count). The van der Waals surface area contributed by atoms with Gasteiger partial charge in [0.15, 0.2) is 0 Å². The second kappa shape index (κ2) is 7.69. The fraction of sp³-hybridized carbons (Fsp3) is 0.583. The summed E-state index contributed by atoms with van der Waals surface area (Å²) in [5, 5.41) is 10.5. The second-order valence-electron chi connectivity index (χ2n) is 4.22. The highest BCUT2D eigenvalue weighted by Crippen LogP contribution is 2.10. The summed E-state index contributed by atoms with van der Waals surface area (Å²) in [6, 6.07) is 2.11. The normalized spacial score (nSPS) is 19.4. The summed E-state index contributed by atoms with van der Waals surface area (Å²) < 4.78 is 0. The molecule has 1 aliphatic heterocycles. The van der Waals surface area contributed by atoms with Crippen LogP contribution in [-0.2, 0) is 11.2 Å². The SMILES string of the molecule is Cl.O=C(NCCc1ccsc1)C1CCCNC1. The molecule has 1 aliphatic rings. The van der Waals surface area contributed by atoms with Gasteiger partial charge in [-0.3, -0.25) is 4.79 Å². The largest absolute Gasteiger partial charge is 0.355 e. The van der Waals surface area contributed by atoms with Crippen molar-refractivity contribution in [1.29, 1.82) is 0 Å². The fourth-order valence-corrected chi connectivity index (χ4v) is 2.69. The minimum atomic E-state index is 0. The highest BCUT2D eigenvalue weighted by Gasteiger charge is 2.19. The average molecular weight is 275 g/mol. The van der Waals surface area contributed by atoms with Gasteiger partial charge in [-0.15, -0.1) is 12.4 Å². The van der Waals surface area contributed by atoms with Crippen LogP contribution in [0.3, 0.4) is 0 Å². The van der Waals surface area contributed by atoms with E-state index in [1.807, 2.05) is 0 Å². The molecule has 2 N–H and O–H groups in total. The van der Waals surface area contributed by atoms with Crippen LogP contribution in [0.2, 0.25) is 0 Å². The first-order valence-electron chi connectivity index (χ1n) is 5.86. The van der Waals surface area contributed by atoms with E-state index in [9.17, 15) is 4.79 Å². The number of amides is 1. The Kier molecular flexibility index (Phi) is 6.55. The van der Waals surface area contributed by atoms with Crippen molar-refractivity contribution >= 4 is 29.7 Å². The van der Waals surface area contributed by atoms with E-state index in [2.05, 4.69) is 27.5 Å². The minimum Gasteiger partial charge on any atom is -0.355 e. The summed E-state index contributed by atoms with van der Waals surface area (Å²) in [4.78, 5) is 11.8. The third kappa shape index (κ3) is 4.66. The van der Waals surface area contributed by atoms with Crippen LogP contribution in [0.5, 0.6) is 0 Å². The van der Waals surface area contributed by atoms with Crippen LogP contribution < -0.4 is 10.6 Å². The third-order valence-corrected chi connectivity index (χ3v) is 3.69. The molecule has 5 heteroatoms. The van der Waals surface area contributed by atoms with Gasteiger partial charge in [-0.05, 0) is 48.2 Å². The molecule has 0 spiro atoms. The molecule has 1 aromatic rings. The Bertz CT molecular complexity index is 323. The van der Waals surface area contributed by atoms with Crippen LogP contribution in [0.15, 0.2) is 16.8 Å². The van der Waals surface area contributed by atoms with Crippen molar-refractivity contribution < 1.29 is 4.79 Å². The number of carbonyl (C=O) groups excluding carboxylic acids is 1. The monoisotopic (exact) mass is 274 g/mol. The summed E-state index contributed by atoms with van der Waals surface area (Å²) in [6.45, 7) is 2.65. The maximum Gasteiger partial charge on any atom is 0.224 e. The van der Waals surface area contributed by atoms with E-state index < -0.39 is 0 Å². The van der Waals surface area contributed by atoms with E-state index in [0.29, 0.717) is 0 Å². The van der Waals surface area contributed by atoms with E-state index in [1.165, 1.54) is 5.56 Å². The first-order valence-corrected chi connectivity index (χ1v) is 6.80. The molecule has 0 bridgehead atoms. The highest BCUT2D eigenvalue weighted by atomic mass is 35.5. The molecule has 1 unspecified atom stereocenters. The molecule has 2 heterocycles. The van der Waals surface area contributed by atoms with Gasteiger partial charge in [0.1, 0.15) is 0 Å². The predicted octanol–water partition coefficient (Wildman–Crippen LogP) is 1.83. The molecule has 1 saturated heterocycles. The van der Waals surface area contributed by atoms with E-state index in [-0.39, 0.29) is 24.2 Å². The van der Waals surface area contributed by atoms with Gasteiger partial charge < -0.3 is 10.6 Å². The van der Waals surface area contributed by atoms with Crippen molar-refractivity contribution in [1.82, 2.24) is 10.6 Å². The first-order chi connectivity index (χ1) is 7.86. The Hall–Kier alpha value is -0.580. The molecule has 96 valence electrons. The highest BCUT2D eigenvalue weighted by molar-refractivity contribution is 7.07. The summed E-state index contributed by atoms with van der Waals surface area (Å²) >= 11 is 1.70. The van der Waals surface area contributed by atoms with Crippen LogP contribution in [0.4, 0.5) is 0 Å². The van der Waals surface area contributed by atoms with Gasteiger partial charge in [0.2, 0.25) is 5.91 Å². The number of nitrogens with one attached hydrogen (secondary N) is 2. The summed E-state index contributed by atoms with van der Waals surface area (Å²) in [5.74, 6) is 0.388. The summed E-state index contributed by atoms with van der Waals surface area (Å²) in [5.41, 5.74) is 1.31. The minimum absolute atomic E-state index is 0. The molecule has 0 radical (unpaired) electrons. The second-order valence-corrected chi connectivity index (χ2v) is 5.00. The zero-order chi connectivity index (χ0) is 11.2. The van der Waals surface area contributed by atoms with Crippen LogP contribution in [0, 0.1) is 5.92 Å². The summed E-state index contributed by atoms with van der Waals surface area (Å²) in [7, 11) is 0. The molecular formula is C12H19ClN2OS. The summed E-state index contributed by atoms with van der Waals surface area (Å²) in [6.07, 6.45) is 3.08. The van der Waals surface area contributed by atoms with E-state index >= 15 is 0 Å². The molecule has 1 atom stereocenters. The molecule has 0 aliphatic carbocycles. The van der Waals surface area contributed by atoms with Gasteiger partial charge in [-0.2, -0.15) is 11.3 Å².